The van der Waals surface area contributed by atoms with Gasteiger partial charge in [-0.15, -0.1) is 11.3 Å². The van der Waals surface area contributed by atoms with E-state index in [0.717, 1.165) is 11.1 Å². The Bertz CT molecular complexity index is 1070. The van der Waals surface area contributed by atoms with Crippen LogP contribution in [0.3, 0.4) is 0 Å². The maximum Gasteiger partial charge on any atom is 0.256 e. The normalized spacial score (nSPS) is 18.4. The predicted octanol–water partition coefficient (Wildman–Crippen LogP) is 4.38. The summed E-state index contributed by atoms with van der Waals surface area (Å²) in [5, 5.41) is 4.81. The number of thiophene rings is 1. The van der Waals surface area contributed by atoms with E-state index < -0.39 is 11.2 Å². The second-order valence-electron chi connectivity index (χ2n) is 7.67. The number of hydrogen-bond acceptors (Lipinski definition) is 3. The van der Waals surface area contributed by atoms with Crippen molar-refractivity contribution in [1.82, 2.24) is 10.2 Å². The first-order valence-corrected chi connectivity index (χ1v) is 10.8. The smallest absolute Gasteiger partial charge is 0.256 e. The molecule has 0 aliphatic carbocycles. The molecule has 4 rings (SSSR count). The molecule has 154 valence electrons. The van der Waals surface area contributed by atoms with Crippen LogP contribution in [0.4, 0.5) is 4.39 Å². The van der Waals surface area contributed by atoms with E-state index in [1.165, 1.54) is 17.0 Å². The molecule has 6 heteroatoms. The number of nitrogens with one attached hydrogen (secondary N) is 1. The summed E-state index contributed by atoms with van der Waals surface area (Å²) in [5.41, 5.74) is 1.48. The Labute approximate surface area is 179 Å². The standard InChI is InChI=1S/C24H23FN2O2S/c1-26-23(29)24(15-17-6-4-7-18(14-17)21-10-5-13-30-21)11-12-27(16-24)22(28)19-8-2-3-9-20(19)25/h2-10,13-14H,11-12,15-16H2,1H3,(H,26,29)/t24-/m1/s1. The number of rotatable bonds is 5. The van der Waals surface area contributed by atoms with Crippen LogP contribution in [-0.4, -0.2) is 36.9 Å². The van der Waals surface area contributed by atoms with Crippen molar-refractivity contribution in [1.29, 1.82) is 0 Å². The van der Waals surface area contributed by atoms with Gasteiger partial charge < -0.3 is 10.2 Å². The SMILES string of the molecule is CNC(=O)[C@@]1(Cc2cccc(-c3cccs3)c2)CCN(C(=O)c2ccccc2F)C1. The van der Waals surface area contributed by atoms with E-state index in [-0.39, 0.29) is 23.9 Å². The van der Waals surface area contributed by atoms with Gasteiger partial charge in [0.15, 0.2) is 0 Å². The number of carbonyl (C=O) groups excluding carboxylic acids is 2. The highest BCUT2D eigenvalue weighted by atomic mass is 32.1. The number of nitrogens with zero attached hydrogens (tertiary/aromatic N) is 1. The molecule has 30 heavy (non-hydrogen) atoms. The van der Waals surface area contributed by atoms with Gasteiger partial charge in [0.25, 0.3) is 5.91 Å². The van der Waals surface area contributed by atoms with Gasteiger partial charge in [-0.25, -0.2) is 4.39 Å². The van der Waals surface area contributed by atoms with Crippen LogP contribution in [0.5, 0.6) is 0 Å². The summed E-state index contributed by atoms with van der Waals surface area (Å²) in [6.07, 6.45) is 1.06. The number of benzene rings is 2. The van der Waals surface area contributed by atoms with Crippen molar-refractivity contribution in [2.45, 2.75) is 12.8 Å². The van der Waals surface area contributed by atoms with Gasteiger partial charge in [-0.3, -0.25) is 9.59 Å². The van der Waals surface area contributed by atoms with Crippen molar-refractivity contribution in [3.05, 3.63) is 83.0 Å². The zero-order valence-electron chi connectivity index (χ0n) is 16.7. The summed E-state index contributed by atoms with van der Waals surface area (Å²) in [6, 6.07) is 18.3. The highest BCUT2D eigenvalue weighted by molar-refractivity contribution is 7.13. The summed E-state index contributed by atoms with van der Waals surface area (Å²) in [4.78, 5) is 28.6. The molecule has 1 fully saturated rings. The first-order valence-electron chi connectivity index (χ1n) is 9.91. The van der Waals surface area contributed by atoms with E-state index in [9.17, 15) is 14.0 Å². The van der Waals surface area contributed by atoms with Crippen LogP contribution in [0.1, 0.15) is 22.3 Å². The Balaban J connectivity index is 1.59. The number of halogens is 1. The second kappa shape index (κ2) is 8.40. The highest BCUT2D eigenvalue weighted by Crippen LogP contribution is 2.36. The average molecular weight is 423 g/mol. The van der Waals surface area contributed by atoms with E-state index in [1.54, 1.807) is 35.4 Å². The molecule has 2 heterocycles. The lowest BCUT2D eigenvalue weighted by Crippen LogP contribution is -2.44. The van der Waals surface area contributed by atoms with E-state index in [2.05, 4.69) is 23.5 Å². The van der Waals surface area contributed by atoms with Crippen LogP contribution in [-0.2, 0) is 11.2 Å². The number of hydrogen-bond donors (Lipinski definition) is 1. The Morgan fingerprint density at radius 2 is 1.97 bits per heavy atom. The van der Waals surface area contributed by atoms with Crippen LogP contribution in [0, 0.1) is 11.2 Å². The lowest BCUT2D eigenvalue weighted by atomic mass is 9.79. The summed E-state index contributed by atoms with van der Waals surface area (Å²) in [5.74, 6) is -0.998. The Kier molecular flexibility index (Phi) is 5.68. The molecule has 4 nitrogen and oxygen atoms in total. The Morgan fingerprint density at radius 1 is 1.13 bits per heavy atom. The molecule has 1 N–H and O–H groups in total. The molecule has 2 amide bonds. The molecule has 1 aliphatic rings. The van der Waals surface area contributed by atoms with Gasteiger partial charge in [0.2, 0.25) is 5.91 Å². The van der Waals surface area contributed by atoms with Crippen molar-refractivity contribution in [3.63, 3.8) is 0 Å². The summed E-state index contributed by atoms with van der Waals surface area (Å²) in [7, 11) is 1.62. The maximum absolute atomic E-state index is 14.1. The third kappa shape index (κ3) is 3.87. The summed E-state index contributed by atoms with van der Waals surface area (Å²) in [6.45, 7) is 0.689. The third-order valence-electron chi connectivity index (χ3n) is 5.73. The Morgan fingerprint density at radius 3 is 2.70 bits per heavy atom. The van der Waals surface area contributed by atoms with Gasteiger partial charge in [-0.2, -0.15) is 0 Å². The fourth-order valence-corrected chi connectivity index (χ4v) is 4.92. The van der Waals surface area contributed by atoms with Crippen molar-refractivity contribution >= 4 is 23.2 Å². The first kappa shape index (κ1) is 20.3. The zero-order valence-corrected chi connectivity index (χ0v) is 17.5. The van der Waals surface area contributed by atoms with Gasteiger partial charge >= 0.3 is 0 Å². The molecule has 0 radical (unpaired) electrons. The predicted molar refractivity (Wildman–Crippen MR) is 117 cm³/mol. The van der Waals surface area contributed by atoms with E-state index in [4.69, 9.17) is 0 Å². The molecule has 1 saturated heterocycles. The van der Waals surface area contributed by atoms with Gasteiger partial charge in [0, 0.05) is 25.0 Å². The lowest BCUT2D eigenvalue weighted by Gasteiger charge is -2.28. The van der Waals surface area contributed by atoms with E-state index in [0.29, 0.717) is 19.4 Å². The quantitative estimate of drug-likeness (QED) is 0.664. The molecule has 1 aliphatic heterocycles. The molecule has 2 aromatic carbocycles. The van der Waals surface area contributed by atoms with E-state index >= 15 is 0 Å². The summed E-state index contributed by atoms with van der Waals surface area (Å²) >= 11 is 1.67. The number of likely N-dealkylation sites (tertiary alicyclic amines) is 1. The van der Waals surface area contributed by atoms with Crippen LogP contribution in [0.2, 0.25) is 0 Å². The van der Waals surface area contributed by atoms with Gasteiger partial charge in [0.05, 0.1) is 11.0 Å². The fourth-order valence-electron chi connectivity index (χ4n) is 4.19. The van der Waals surface area contributed by atoms with Crippen LogP contribution < -0.4 is 5.32 Å². The number of amides is 2. The second-order valence-corrected chi connectivity index (χ2v) is 8.62. The summed E-state index contributed by atoms with van der Waals surface area (Å²) < 4.78 is 14.1. The first-order chi connectivity index (χ1) is 14.5. The lowest BCUT2D eigenvalue weighted by molar-refractivity contribution is -0.129. The van der Waals surface area contributed by atoms with Gasteiger partial charge in [-0.1, -0.05) is 42.5 Å². The molecular formula is C24H23FN2O2S. The zero-order chi connectivity index (χ0) is 21.1. The van der Waals surface area contributed by atoms with Crippen molar-refractivity contribution in [2.75, 3.05) is 20.1 Å². The third-order valence-corrected chi connectivity index (χ3v) is 6.65. The molecule has 0 saturated carbocycles. The van der Waals surface area contributed by atoms with Crippen LogP contribution in [0.25, 0.3) is 10.4 Å². The van der Waals surface area contributed by atoms with Crippen molar-refractivity contribution in [2.24, 2.45) is 5.41 Å². The molecule has 0 bridgehead atoms. The van der Waals surface area contributed by atoms with Crippen LogP contribution in [0.15, 0.2) is 66.0 Å². The minimum atomic E-state index is -0.732. The molecule has 1 aromatic heterocycles. The largest absolute Gasteiger partial charge is 0.359 e. The van der Waals surface area contributed by atoms with Crippen molar-refractivity contribution in [3.8, 4) is 10.4 Å². The maximum atomic E-state index is 14.1. The molecule has 3 aromatic rings. The topological polar surface area (TPSA) is 49.4 Å². The molecule has 0 spiro atoms. The molecular weight excluding hydrogens is 399 g/mol. The number of carbonyl (C=O) groups is 2. The fraction of sp³-hybridized carbons (Fsp3) is 0.250. The van der Waals surface area contributed by atoms with Gasteiger partial charge in [0.1, 0.15) is 5.82 Å². The van der Waals surface area contributed by atoms with Gasteiger partial charge in [-0.05, 0) is 47.5 Å². The van der Waals surface area contributed by atoms with E-state index in [1.807, 2.05) is 23.6 Å². The monoisotopic (exact) mass is 422 g/mol. The van der Waals surface area contributed by atoms with Crippen molar-refractivity contribution < 1.29 is 14.0 Å². The minimum Gasteiger partial charge on any atom is -0.359 e. The average Bonchev–Trinajstić information content (AvgIpc) is 3.44. The highest BCUT2D eigenvalue weighted by Gasteiger charge is 2.46. The minimum absolute atomic E-state index is 0.0462. The molecule has 0 unspecified atom stereocenters. The van der Waals surface area contributed by atoms with Crippen LogP contribution >= 0.6 is 11.3 Å². The molecule has 1 atom stereocenters. The Hall–Kier alpha value is -2.99.